The summed E-state index contributed by atoms with van der Waals surface area (Å²) in [6, 6.07) is 24.6. The third-order valence-electron chi connectivity index (χ3n) is 7.04. The largest absolute Gasteiger partial charge is 0.340 e. The molecule has 8 heteroatoms. The molecule has 2 aromatic carbocycles. The fourth-order valence-electron chi connectivity index (χ4n) is 5.24. The number of nitrogens with zero attached hydrogens (tertiary/aromatic N) is 3. The van der Waals surface area contributed by atoms with Crippen molar-refractivity contribution in [1.29, 1.82) is 0 Å². The highest BCUT2D eigenvalue weighted by Crippen LogP contribution is 2.31. The van der Waals surface area contributed by atoms with Crippen molar-refractivity contribution in [2.45, 2.75) is 23.1 Å². The molecule has 184 valence electrons. The van der Waals surface area contributed by atoms with Crippen LogP contribution in [0.2, 0.25) is 0 Å². The van der Waals surface area contributed by atoms with E-state index in [1.165, 1.54) is 26.8 Å². The summed E-state index contributed by atoms with van der Waals surface area (Å²) in [7, 11) is -3.52. The standard InChI is InChI=1S/C27H31N3O3S2/c31-27(24-13-7-15-30(21-24)35(32,33)25-14-8-20-34-25)29-18-16-28(17-19-29)26(22-9-3-1-4-10-22)23-11-5-2-6-12-23/h1-6,8-12,14,20,24,26H,7,13,15-19,21H2/t24-/m0/s1. The Labute approximate surface area is 211 Å². The fraction of sp³-hybridized carbons (Fsp3) is 0.370. The number of piperidine rings is 1. The number of carbonyl (C=O) groups excluding carboxylic acids is 1. The lowest BCUT2D eigenvalue weighted by Crippen LogP contribution is -2.53. The van der Waals surface area contributed by atoms with Crippen LogP contribution in [0.5, 0.6) is 0 Å². The Morgan fingerprint density at radius 3 is 2.03 bits per heavy atom. The first-order valence-corrected chi connectivity index (χ1v) is 14.5. The average molecular weight is 510 g/mol. The van der Waals surface area contributed by atoms with E-state index in [4.69, 9.17) is 0 Å². The maximum atomic E-state index is 13.4. The molecule has 6 nitrogen and oxygen atoms in total. The number of carbonyl (C=O) groups is 1. The van der Waals surface area contributed by atoms with Crippen molar-refractivity contribution in [3.63, 3.8) is 0 Å². The Hall–Kier alpha value is -2.52. The molecule has 0 radical (unpaired) electrons. The molecule has 35 heavy (non-hydrogen) atoms. The third kappa shape index (κ3) is 5.21. The fourth-order valence-corrected chi connectivity index (χ4v) is 7.91. The molecule has 0 bridgehead atoms. The van der Waals surface area contributed by atoms with E-state index in [1.54, 1.807) is 17.5 Å². The molecule has 0 unspecified atom stereocenters. The zero-order valence-corrected chi connectivity index (χ0v) is 21.3. The van der Waals surface area contributed by atoms with E-state index >= 15 is 0 Å². The van der Waals surface area contributed by atoms with Crippen molar-refractivity contribution in [2.75, 3.05) is 39.3 Å². The summed E-state index contributed by atoms with van der Waals surface area (Å²) in [5.41, 5.74) is 2.50. The minimum atomic E-state index is -3.52. The van der Waals surface area contributed by atoms with Gasteiger partial charge < -0.3 is 4.90 Å². The van der Waals surface area contributed by atoms with Gasteiger partial charge in [-0.05, 0) is 35.4 Å². The predicted molar refractivity (Wildman–Crippen MR) is 139 cm³/mol. The van der Waals surface area contributed by atoms with Gasteiger partial charge in [0.2, 0.25) is 5.91 Å². The van der Waals surface area contributed by atoms with Crippen LogP contribution >= 0.6 is 11.3 Å². The van der Waals surface area contributed by atoms with Gasteiger partial charge in [0.25, 0.3) is 10.0 Å². The number of amides is 1. The Morgan fingerprint density at radius 1 is 0.829 bits per heavy atom. The number of hydrogen-bond donors (Lipinski definition) is 0. The number of benzene rings is 2. The van der Waals surface area contributed by atoms with Crippen molar-refractivity contribution >= 4 is 27.3 Å². The molecule has 2 fully saturated rings. The number of piperazine rings is 1. The Bertz CT molecular complexity index is 1170. The predicted octanol–water partition coefficient (Wildman–Crippen LogP) is 4.08. The quantitative estimate of drug-likeness (QED) is 0.502. The molecule has 2 saturated heterocycles. The van der Waals surface area contributed by atoms with Crippen LogP contribution in [0.15, 0.2) is 82.4 Å². The molecule has 5 rings (SSSR count). The first kappa shape index (κ1) is 24.2. The van der Waals surface area contributed by atoms with Gasteiger partial charge in [0.15, 0.2) is 0 Å². The molecule has 0 N–H and O–H groups in total. The summed E-state index contributed by atoms with van der Waals surface area (Å²) in [5.74, 6) is -0.184. The van der Waals surface area contributed by atoms with E-state index in [1.807, 2.05) is 17.0 Å². The van der Waals surface area contributed by atoms with Crippen LogP contribution in [0.25, 0.3) is 0 Å². The number of sulfonamides is 1. The first-order chi connectivity index (χ1) is 17.0. The number of hydrogen-bond acceptors (Lipinski definition) is 5. The highest BCUT2D eigenvalue weighted by Gasteiger charge is 2.37. The van der Waals surface area contributed by atoms with Crippen molar-refractivity contribution in [1.82, 2.24) is 14.1 Å². The van der Waals surface area contributed by atoms with Crippen molar-refractivity contribution in [3.8, 4) is 0 Å². The second-order valence-corrected chi connectivity index (χ2v) is 12.3. The van der Waals surface area contributed by atoms with Crippen LogP contribution in [0.3, 0.4) is 0 Å². The summed E-state index contributed by atoms with van der Waals surface area (Å²) in [4.78, 5) is 17.8. The molecular formula is C27H31N3O3S2. The zero-order chi connectivity index (χ0) is 24.3. The molecular weight excluding hydrogens is 478 g/mol. The highest BCUT2D eigenvalue weighted by atomic mass is 32.2. The van der Waals surface area contributed by atoms with Gasteiger partial charge in [0.05, 0.1) is 12.0 Å². The number of rotatable bonds is 6. The third-order valence-corrected chi connectivity index (χ3v) is 10.3. The van der Waals surface area contributed by atoms with E-state index in [2.05, 4.69) is 53.4 Å². The van der Waals surface area contributed by atoms with Gasteiger partial charge in [-0.1, -0.05) is 66.7 Å². The first-order valence-electron chi connectivity index (χ1n) is 12.2. The van der Waals surface area contributed by atoms with Gasteiger partial charge in [-0.3, -0.25) is 9.69 Å². The van der Waals surface area contributed by atoms with Gasteiger partial charge in [-0.15, -0.1) is 11.3 Å². The average Bonchev–Trinajstić information content (AvgIpc) is 3.47. The summed E-state index contributed by atoms with van der Waals surface area (Å²) in [6.07, 6.45) is 1.46. The van der Waals surface area contributed by atoms with E-state index in [9.17, 15) is 13.2 Å². The van der Waals surface area contributed by atoms with Crippen LogP contribution in [-0.4, -0.2) is 67.7 Å². The minimum absolute atomic E-state index is 0.0895. The SMILES string of the molecule is O=C([C@H]1CCCN(S(=O)(=O)c2cccs2)C1)N1CCN(C(c2ccccc2)c2ccccc2)CC1. The van der Waals surface area contributed by atoms with E-state index < -0.39 is 10.0 Å². The lowest BCUT2D eigenvalue weighted by atomic mass is 9.95. The Morgan fingerprint density at radius 2 is 1.46 bits per heavy atom. The maximum absolute atomic E-state index is 13.4. The lowest BCUT2D eigenvalue weighted by molar-refractivity contribution is -0.138. The summed E-state index contributed by atoms with van der Waals surface area (Å²) in [5, 5.41) is 1.77. The molecule has 0 spiro atoms. The van der Waals surface area contributed by atoms with Crippen LogP contribution < -0.4 is 0 Å². The molecule has 2 aliphatic rings. The highest BCUT2D eigenvalue weighted by molar-refractivity contribution is 7.91. The summed E-state index contributed by atoms with van der Waals surface area (Å²) < 4.78 is 27.8. The van der Waals surface area contributed by atoms with Gasteiger partial charge >= 0.3 is 0 Å². The Balaban J connectivity index is 1.25. The Kier molecular flexibility index (Phi) is 7.34. The molecule has 0 saturated carbocycles. The molecule has 1 amide bonds. The van der Waals surface area contributed by atoms with E-state index in [0.717, 1.165) is 19.5 Å². The van der Waals surface area contributed by atoms with Crippen LogP contribution in [-0.2, 0) is 14.8 Å². The molecule has 0 aliphatic carbocycles. The maximum Gasteiger partial charge on any atom is 0.252 e. The smallest absolute Gasteiger partial charge is 0.252 e. The van der Waals surface area contributed by atoms with Crippen molar-refractivity contribution < 1.29 is 13.2 Å². The summed E-state index contributed by atoms with van der Waals surface area (Å²) >= 11 is 1.23. The molecule has 3 heterocycles. The van der Waals surface area contributed by atoms with Gasteiger partial charge in [-0.2, -0.15) is 4.31 Å². The second-order valence-electron chi connectivity index (χ2n) is 9.22. The topological polar surface area (TPSA) is 60.9 Å². The molecule has 3 aromatic rings. The van der Waals surface area contributed by atoms with Crippen molar-refractivity contribution in [3.05, 3.63) is 89.3 Å². The number of thiophene rings is 1. The molecule has 1 aromatic heterocycles. The van der Waals surface area contributed by atoms with Gasteiger partial charge in [0.1, 0.15) is 4.21 Å². The van der Waals surface area contributed by atoms with E-state index in [0.29, 0.717) is 30.3 Å². The molecule has 2 aliphatic heterocycles. The van der Waals surface area contributed by atoms with Gasteiger partial charge in [-0.25, -0.2) is 8.42 Å². The zero-order valence-electron chi connectivity index (χ0n) is 19.7. The van der Waals surface area contributed by atoms with Crippen LogP contribution in [0, 0.1) is 5.92 Å². The van der Waals surface area contributed by atoms with Gasteiger partial charge in [0, 0.05) is 39.3 Å². The minimum Gasteiger partial charge on any atom is -0.340 e. The summed E-state index contributed by atoms with van der Waals surface area (Å²) in [6.45, 7) is 3.63. The van der Waals surface area contributed by atoms with Crippen LogP contribution in [0.1, 0.15) is 30.0 Å². The lowest BCUT2D eigenvalue weighted by Gasteiger charge is -2.41. The van der Waals surface area contributed by atoms with Crippen molar-refractivity contribution in [2.24, 2.45) is 5.92 Å². The second kappa shape index (κ2) is 10.6. The van der Waals surface area contributed by atoms with Crippen LogP contribution in [0.4, 0.5) is 0 Å². The molecule has 1 atom stereocenters. The van der Waals surface area contributed by atoms with E-state index in [-0.39, 0.29) is 24.4 Å². The monoisotopic (exact) mass is 509 g/mol. The normalized spacial score (nSPS) is 20.3.